The van der Waals surface area contributed by atoms with Gasteiger partial charge < -0.3 is 14.2 Å². The second-order valence-corrected chi connectivity index (χ2v) is 8.24. The molecule has 0 amide bonds. The zero-order valence-corrected chi connectivity index (χ0v) is 19.5. The quantitative estimate of drug-likeness (QED) is 0.209. The molecule has 4 rings (SSSR count). The van der Waals surface area contributed by atoms with Crippen LogP contribution in [-0.4, -0.2) is 13.2 Å². The summed E-state index contributed by atoms with van der Waals surface area (Å²) in [5, 5.41) is 0. The molecule has 0 spiro atoms. The maximum atomic E-state index is 13.2. The topological polar surface area (TPSA) is 27.7 Å². The Morgan fingerprint density at radius 2 is 0.914 bits per heavy atom. The second-order valence-electron chi connectivity index (χ2n) is 8.24. The van der Waals surface area contributed by atoms with Gasteiger partial charge >= 0.3 is 0 Å². The predicted molar refractivity (Wildman–Crippen MR) is 133 cm³/mol. The van der Waals surface area contributed by atoms with Gasteiger partial charge in [0.15, 0.2) is 0 Å². The Kier molecular flexibility index (Phi) is 8.85. The summed E-state index contributed by atoms with van der Waals surface area (Å²) < 4.78 is 43.7. The van der Waals surface area contributed by atoms with E-state index in [1.54, 1.807) is 12.1 Å². The van der Waals surface area contributed by atoms with Crippen molar-refractivity contribution in [2.24, 2.45) is 0 Å². The van der Waals surface area contributed by atoms with E-state index in [2.05, 4.69) is 0 Å². The Morgan fingerprint density at radius 1 is 0.486 bits per heavy atom. The molecule has 0 fully saturated rings. The molecule has 0 saturated heterocycles. The van der Waals surface area contributed by atoms with Crippen LogP contribution in [0, 0.1) is 11.6 Å². The molecular weight excluding hydrogens is 446 g/mol. The number of hydrogen-bond acceptors (Lipinski definition) is 3. The van der Waals surface area contributed by atoms with Gasteiger partial charge in [-0.05, 0) is 83.6 Å². The molecule has 35 heavy (non-hydrogen) atoms. The van der Waals surface area contributed by atoms with E-state index in [4.69, 9.17) is 14.2 Å². The zero-order valence-electron chi connectivity index (χ0n) is 19.5. The lowest BCUT2D eigenvalue weighted by molar-refractivity contribution is 0.140. The maximum absolute atomic E-state index is 13.2. The van der Waals surface area contributed by atoms with Crippen molar-refractivity contribution < 1.29 is 23.0 Å². The first-order valence-corrected chi connectivity index (χ1v) is 11.6. The molecule has 180 valence electrons. The molecule has 0 aromatic heterocycles. The molecule has 0 N–H and O–H groups in total. The van der Waals surface area contributed by atoms with Gasteiger partial charge in [-0.15, -0.1) is 0 Å². The van der Waals surface area contributed by atoms with E-state index in [-0.39, 0.29) is 11.6 Å². The molecule has 0 atom stereocenters. The summed E-state index contributed by atoms with van der Waals surface area (Å²) in [5.41, 5.74) is 3.94. The van der Waals surface area contributed by atoms with Gasteiger partial charge in [-0.25, -0.2) is 8.78 Å². The summed E-state index contributed by atoms with van der Waals surface area (Å²) in [6.07, 6.45) is 1.63. The summed E-state index contributed by atoms with van der Waals surface area (Å²) in [7, 11) is 0. The number of rotatable bonds is 12. The van der Waals surface area contributed by atoms with Crippen LogP contribution in [0.4, 0.5) is 8.78 Å². The molecule has 0 aliphatic carbocycles. The highest BCUT2D eigenvalue weighted by Crippen LogP contribution is 2.17. The van der Waals surface area contributed by atoms with Crippen molar-refractivity contribution >= 4 is 0 Å². The van der Waals surface area contributed by atoms with Gasteiger partial charge in [0.05, 0.1) is 13.2 Å². The van der Waals surface area contributed by atoms with E-state index in [1.807, 2.05) is 60.7 Å². The van der Waals surface area contributed by atoms with Gasteiger partial charge in [0.2, 0.25) is 0 Å². The minimum atomic E-state index is -0.259. The lowest BCUT2D eigenvalue weighted by Crippen LogP contribution is -2.03. The molecule has 0 unspecified atom stereocenters. The van der Waals surface area contributed by atoms with E-state index in [1.165, 1.54) is 35.4 Å². The van der Waals surface area contributed by atoms with Gasteiger partial charge in [-0.1, -0.05) is 48.5 Å². The van der Waals surface area contributed by atoms with Crippen LogP contribution in [0.15, 0.2) is 97.1 Å². The van der Waals surface area contributed by atoms with Crippen LogP contribution in [-0.2, 0) is 30.8 Å². The lowest BCUT2D eigenvalue weighted by Gasteiger charge is -2.09. The molecular formula is C30H28F2O3. The minimum Gasteiger partial charge on any atom is -0.489 e. The molecule has 4 aromatic rings. The molecule has 5 heteroatoms. The highest BCUT2D eigenvalue weighted by atomic mass is 19.1. The summed E-state index contributed by atoms with van der Waals surface area (Å²) in [4.78, 5) is 0. The van der Waals surface area contributed by atoms with E-state index >= 15 is 0 Å². The van der Waals surface area contributed by atoms with Crippen LogP contribution in [0.3, 0.4) is 0 Å². The van der Waals surface area contributed by atoms with Crippen LogP contribution in [0.5, 0.6) is 11.5 Å². The maximum Gasteiger partial charge on any atom is 0.123 e. The fourth-order valence-electron chi connectivity index (χ4n) is 3.57. The van der Waals surface area contributed by atoms with Crippen LogP contribution in [0.2, 0.25) is 0 Å². The Labute approximate surface area is 204 Å². The number of hydrogen-bond donors (Lipinski definition) is 0. The summed E-state index contributed by atoms with van der Waals surface area (Å²) >= 11 is 0. The summed E-state index contributed by atoms with van der Waals surface area (Å²) in [6.45, 7) is 1.94. The van der Waals surface area contributed by atoms with Crippen molar-refractivity contribution in [2.45, 2.75) is 26.1 Å². The van der Waals surface area contributed by atoms with Gasteiger partial charge in [-0.3, -0.25) is 0 Å². The van der Waals surface area contributed by atoms with Gasteiger partial charge in [0.25, 0.3) is 0 Å². The Balaban J connectivity index is 1.11. The Hall–Kier alpha value is -3.70. The third-order valence-electron chi connectivity index (χ3n) is 5.51. The second kappa shape index (κ2) is 12.7. The molecule has 0 aliphatic rings. The highest BCUT2D eigenvalue weighted by molar-refractivity contribution is 5.29. The van der Waals surface area contributed by atoms with Crippen molar-refractivity contribution in [1.29, 1.82) is 0 Å². The SMILES string of the molecule is Fc1cccc(COc2ccc(CCOCCc3ccc(OCc4cccc(F)c4)cc3)cc2)c1. The standard InChI is InChI=1S/C30H28F2O3/c31-27-5-1-3-25(19-27)21-34-29-11-7-23(8-12-29)15-17-33-18-16-24-9-13-30(14-10-24)35-22-26-4-2-6-28(32)20-26/h1-14,19-20H,15-18,21-22H2. The first-order chi connectivity index (χ1) is 17.1. The number of ether oxygens (including phenoxy) is 3. The molecule has 0 bridgehead atoms. The first kappa shape index (κ1) is 24.4. The van der Waals surface area contributed by atoms with Crippen LogP contribution < -0.4 is 9.47 Å². The van der Waals surface area contributed by atoms with Crippen LogP contribution in [0.25, 0.3) is 0 Å². The smallest absolute Gasteiger partial charge is 0.123 e. The zero-order chi connectivity index (χ0) is 24.3. The van der Waals surface area contributed by atoms with E-state index in [0.29, 0.717) is 26.4 Å². The van der Waals surface area contributed by atoms with E-state index in [9.17, 15) is 8.78 Å². The number of halogens is 2. The molecule has 4 aromatic carbocycles. The molecule has 3 nitrogen and oxygen atoms in total. The minimum absolute atomic E-state index is 0.259. The van der Waals surface area contributed by atoms with Gasteiger partial charge in [0.1, 0.15) is 36.3 Å². The third kappa shape index (κ3) is 8.23. The molecule has 0 radical (unpaired) electrons. The largest absolute Gasteiger partial charge is 0.489 e. The Morgan fingerprint density at radius 3 is 1.31 bits per heavy atom. The van der Waals surface area contributed by atoms with Crippen LogP contribution in [0.1, 0.15) is 22.3 Å². The fraction of sp³-hybridized carbons (Fsp3) is 0.200. The van der Waals surface area contributed by atoms with Crippen molar-refractivity contribution in [2.75, 3.05) is 13.2 Å². The number of benzene rings is 4. The van der Waals surface area contributed by atoms with E-state index < -0.39 is 0 Å². The highest BCUT2D eigenvalue weighted by Gasteiger charge is 2.01. The van der Waals surface area contributed by atoms with Gasteiger partial charge in [0, 0.05) is 0 Å². The van der Waals surface area contributed by atoms with Crippen molar-refractivity contribution in [3.63, 3.8) is 0 Å². The van der Waals surface area contributed by atoms with Gasteiger partial charge in [-0.2, -0.15) is 0 Å². The fourth-order valence-corrected chi connectivity index (χ4v) is 3.57. The average Bonchev–Trinajstić information content (AvgIpc) is 2.88. The van der Waals surface area contributed by atoms with Crippen molar-refractivity contribution in [3.8, 4) is 11.5 Å². The van der Waals surface area contributed by atoms with Crippen LogP contribution >= 0.6 is 0 Å². The van der Waals surface area contributed by atoms with Crippen molar-refractivity contribution in [1.82, 2.24) is 0 Å². The molecule has 0 aliphatic heterocycles. The van der Waals surface area contributed by atoms with E-state index in [0.717, 1.165) is 35.5 Å². The lowest BCUT2D eigenvalue weighted by atomic mass is 10.1. The normalized spacial score (nSPS) is 10.8. The third-order valence-corrected chi connectivity index (χ3v) is 5.51. The summed E-state index contributed by atoms with van der Waals surface area (Å²) in [6, 6.07) is 28.6. The molecule has 0 saturated carbocycles. The Bertz CT molecular complexity index is 1100. The predicted octanol–water partition coefficient (Wildman–Crippen LogP) is 6.92. The average molecular weight is 475 g/mol. The first-order valence-electron chi connectivity index (χ1n) is 11.6. The monoisotopic (exact) mass is 474 g/mol. The summed E-state index contributed by atoms with van der Waals surface area (Å²) in [5.74, 6) is 0.986. The molecule has 0 heterocycles. The van der Waals surface area contributed by atoms with Crippen molar-refractivity contribution in [3.05, 3.63) is 131 Å².